The van der Waals surface area contributed by atoms with Crippen molar-refractivity contribution in [2.75, 3.05) is 26.7 Å². The number of hydrogen-bond acceptors (Lipinski definition) is 4. The lowest BCUT2D eigenvalue weighted by atomic mass is 10.0. The maximum absolute atomic E-state index is 13.6. The van der Waals surface area contributed by atoms with Crippen LogP contribution in [0.3, 0.4) is 0 Å². The predicted octanol–water partition coefficient (Wildman–Crippen LogP) is 1.29. The topological polar surface area (TPSA) is 58.7 Å². The normalized spacial score (nSPS) is 19.4. The molecular weight excluding hydrogens is 247 g/mol. The van der Waals surface area contributed by atoms with Gasteiger partial charge in [0.2, 0.25) is 0 Å². The fourth-order valence-electron chi connectivity index (χ4n) is 2.48. The Kier molecular flexibility index (Phi) is 4.74. The van der Waals surface area contributed by atoms with E-state index in [2.05, 4.69) is 4.90 Å². The second-order valence-corrected chi connectivity index (χ2v) is 5.01. The van der Waals surface area contributed by atoms with Crippen molar-refractivity contribution >= 4 is 0 Å². The number of aliphatic hydroxyl groups is 1. The van der Waals surface area contributed by atoms with Crippen molar-refractivity contribution in [3.8, 4) is 5.75 Å². The fraction of sp³-hybridized carbons (Fsp3) is 0.571. The quantitative estimate of drug-likeness (QED) is 0.845. The second-order valence-electron chi connectivity index (χ2n) is 5.01. The lowest BCUT2D eigenvalue weighted by Gasteiger charge is -2.24. The van der Waals surface area contributed by atoms with E-state index in [9.17, 15) is 9.50 Å². The highest BCUT2D eigenvalue weighted by Gasteiger charge is 2.22. The molecule has 0 radical (unpaired) electrons. The van der Waals surface area contributed by atoms with E-state index in [0.717, 1.165) is 13.1 Å². The minimum absolute atomic E-state index is 0.170. The molecule has 1 heterocycles. The summed E-state index contributed by atoms with van der Waals surface area (Å²) in [6, 6.07) is 4.03. The van der Waals surface area contributed by atoms with Crippen LogP contribution in [0.5, 0.6) is 5.75 Å². The molecule has 0 aromatic heterocycles. The Morgan fingerprint density at radius 2 is 2.11 bits per heavy atom. The van der Waals surface area contributed by atoms with Gasteiger partial charge >= 0.3 is 0 Å². The number of ether oxygens (including phenoxy) is 1. The van der Waals surface area contributed by atoms with E-state index < -0.39 is 18.0 Å². The molecule has 0 aliphatic carbocycles. The number of halogens is 1. The Bertz CT molecular complexity index is 422. The van der Waals surface area contributed by atoms with Crippen LogP contribution in [0.1, 0.15) is 24.5 Å². The second kappa shape index (κ2) is 6.32. The number of nitrogens with zero attached hydrogens (tertiary/aromatic N) is 1. The standard InChI is InChI=1S/C14H21FN2O2/c1-19-13-5-4-10(8-11(13)15)14(18)12(16)9-17-6-2-3-7-17/h4-5,8,12,14,18H,2-3,6-7,9,16H2,1H3. The summed E-state index contributed by atoms with van der Waals surface area (Å²) in [5.41, 5.74) is 6.50. The molecule has 5 heteroatoms. The highest BCUT2D eigenvalue weighted by atomic mass is 19.1. The van der Waals surface area contributed by atoms with Crippen molar-refractivity contribution in [3.05, 3.63) is 29.6 Å². The molecule has 1 aliphatic rings. The number of aliphatic hydroxyl groups excluding tert-OH is 1. The maximum atomic E-state index is 13.6. The third-order valence-corrected chi connectivity index (χ3v) is 3.59. The van der Waals surface area contributed by atoms with E-state index in [1.165, 1.54) is 32.1 Å². The van der Waals surface area contributed by atoms with Gasteiger partial charge in [-0.2, -0.15) is 0 Å². The molecule has 2 rings (SSSR count). The van der Waals surface area contributed by atoms with Crippen molar-refractivity contribution in [1.29, 1.82) is 0 Å². The Morgan fingerprint density at radius 3 is 2.68 bits per heavy atom. The number of nitrogens with two attached hydrogens (primary N) is 1. The highest BCUT2D eigenvalue weighted by molar-refractivity contribution is 5.31. The van der Waals surface area contributed by atoms with Crippen LogP contribution in [0.4, 0.5) is 4.39 Å². The molecule has 1 aliphatic heterocycles. The third-order valence-electron chi connectivity index (χ3n) is 3.59. The molecule has 19 heavy (non-hydrogen) atoms. The van der Waals surface area contributed by atoms with Gasteiger partial charge in [-0.05, 0) is 43.6 Å². The molecule has 1 saturated heterocycles. The Morgan fingerprint density at radius 1 is 1.42 bits per heavy atom. The molecule has 2 atom stereocenters. The van der Waals surface area contributed by atoms with Crippen LogP contribution in [0, 0.1) is 5.82 Å². The van der Waals surface area contributed by atoms with Gasteiger partial charge in [0.05, 0.1) is 13.2 Å². The number of benzene rings is 1. The molecule has 1 aromatic rings. The predicted molar refractivity (Wildman–Crippen MR) is 71.6 cm³/mol. The van der Waals surface area contributed by atoms with Crippen LogP contribution in [0.15, 0.2) is 18.2 Å². The number of methoxy groups -OCH3 is 1. The average molecular weight is 268 g/mol. The van der Waals surface area contributed by atoms with Crippen molar-refractivity contribution in [2.45, 2.75) is 25.0 Å². The molecule has 1 fully saturated rings. The van der Waals surface area contributed by atoms with Crippen LogP contribution >= 0.6 is 0 Å². The summed E-state index contributed by atoms with van der Waals surface area (Å²) in [6.45, 7) is 2.68. The summed E-state index contributed by atoms with van der Waals surface area (Å²) >= 11 is 0. The Hall–Kier alpha value is -1.17. The Balaban J connectivity index is 2.01. The van der Waals surface area contributed by atoms with Crippen LogP contribution in [0.25, 0.3) is 0 Å². The van der Waals surface area contributed by atoms with Crippen LogP contribution in [-0.2, 0) is 0 Å². The SMILES string of the molecule is COc1ccc(C(O)C(N)CN2CCCC2)cc1F. The third kappa shape index (κ3) is 3.43. The molecule has 3 N–H and O–H groups in total. The van der Waals surface area contributed by atoms with Gasteiger partial charge in [0, 0.05) is 12.6 Å². The zero-order valence-corrected chi connectivity index (χ0v) is 11.2. The van der Waals surface area contributed by atoms with Crippen molar-refractivity contribution in [1.82, 2.24) is 4.90 Å². The largest absolute Gasteiger partial charge is 0.494 e. The fourth-order valence-corrected chi connectivity index (χ4v) is 2.48. The van der Waals surface area contributed by atoms with Gasteiger partial charge in [0.1, 0.15) is 0 Å². The van der Waals surface area contributed by atoms with E-state index in [1.54, 1.807) is 6.07 Å². The van der Waals surface area contributed by atoms with E-state index >= 15 is 0 Å². The first kappa shape index (κ1) is 14.2. The van der Waals surface area contributed by atoms with Crippen LogP contribution in [-0.4, -0.2) is 42.8 Å². The first-order valence-electron chi connectivity index (χ1n) is 6.61. The van der Waals surface area contributed by atoms with Gasteiger partial charge in [-0.3, -0.25) is 0 Å². The molecule has 4 nitrogen and oxygen atoms in total. The van der Waals surface area contributed by atoms with Gasteiger partial charge in [-0.25, -0.2) is 4.39 Å². The van der Waals surface area contributed by atoms with Gasteiger partial charge in [-0.15, -0.1) is 0 Å². The van der Waals surface area contributed by atoms with E-state index in [4.69, 9.17) is 10.5 Å². The summed E-state index contributed by atoms with van der Waals surface area (Å²) in [6.07, 6.45) is 1.50. The molecule has 0 saturated carbocycles. The lowest BCUT2D eigenvalue weighted by molar-refractivity contribution is 0.125. The molecule has 2 unspecified atom stereocenters. The van der Waals surface area contributed by atoms with Gasteiger partial charge in [-0.1, -0.05) is 6.07 Å². The van der Waals surface area contributed by atoms with Crippen molar-refractivity contribution in [2.24, 2.45) is 5.73 Å². The maximum Gasteiger partial charge on any atom is 0.165 e. The molecule has 0 spiro atoms. The summed E-state index contributed by atoms with van der Waals surface area (Å²) in [7, 11) is 1.41. The van der Waals surface area contributed by atoms with Gasteiger partial charge in [0.15, 0.2) is 11.6 Å². The van der Waals surface area contributed by atoms with E-state index in [0.29, 0.717) is 12.1 Å². The highest BCUT2D eigenvalue weighted by Crippen LogP contribution is 2.23. The van der Waals surface area contributed by atoms with E-state index in [1.807, 2.05) is 0 Å². The number of hydrogen-bond donors (Lipinski definition) is 2. The number of likely N-dealkylation sites (tertiary alicyclic amines) is 1. The van der Waals surface area contributed by atoms with Crippen molar-refractivity contribution < 1.29 is 14.2 Å². The Labute approximate surface area is 113 Å². The minimum atomic E-state index is -0.860. The first-order valence-corrected chi connectivity index (χ1v) is 6.61. The monoisotopic (exact) mass is 268 g/mol. The minimum Gasteiger partial charge on any atom is -0.494 e. The van der Waals surface area contributed by atoms with Crippen molar-refractivity contribution in [3.63, 3.8) is 0 Å². The molecule has 0 bridgehead atoms. The average Bonchev–Trinajstić information content (AvgIpc) is 2.90. The molecular formula is C14H21FN2O2. The molecule has 1 aromatic carbocycles. The lowest BCUT2D eigenvalue weighted by Crippen LogP contribution is -2.40. The zero-order chi connectivity index (χ0) is 13.8. The smallest absolute Gasteiger partial charge is 0.165 e. The first-order chi connectivity index (χ1) is 9.11. The molecule has 106 valence electrons. The van der Waals surface area contributed by atoms with Crippen LogP contribution in [0.2, 0.25) is 0 Å². The molecule has 0 amide bonds. The zero-order valence-electron chi connectivity index (χ0n) is 11.2. The number of rotatable bonds is 5. The summed E-state index contributed by atoms with van der Waals surface area (Å²) in [4.78, 5) is 2.23. The van der Waals surface area contributed by atoms with E-state index in [-0.39, 0.29) is 5.75 Å². The van der Waals surface area contributed by atoms with Gasteiger partial charge < -0.3 is 20.5 Å². The summed E-state index contributed by atoms with van der Waals surface area (Å²) < 4.78 is 18.4. The summed E-state index contributed by atoms with van der Waals surface area (Å²) in [5, 5.41) is 10.2. The summed E-state index contributed by atoms with van der Waals surface area (Å²) in [5.74, 6) is -0.309. The van der Waals surface area contributed by atoms with Crippen LogP contribution < -0.4 is 10.5 Å². The van der Waals surface area contributed by atoms with Gasteiger partial charge in [0.25, 0.3) is 0 Å².